The minimum absolute atomic E-state index is 0.0557. The van der Waals surface area contributed by atoms with Crippen molar-refractivity contribution >= 4 is 29.4 Å². The number of carbonyl (C=O) groups excluding carboxylic acids is 3. The maximum absolute atomic E-state index is 13.8. The number of ketones is 1. The fraction of sp³-hybridized carbons (Fsp3) is 0.318. The van der Waals surface area contributed by atoms with Crippen LogP contribution in [0.4, 0.5) is 13.6 Å². The first-order valence-electron chi connectivity index (χ1n) is 9.35. The number of para-hydroxylation sites is 1. The zero-order chi connectivity index (χ0) is 23.3. The van der Waals surface area contributed by atoms with Gasteiger partial charge in [0.2, 0.25) is 5.75 Å². The highest BCUT2D eigenvalue weighted by Crippen LogP contribution is 2.26. The van der Waals surface area contributed by atoms with E-state index in [2.05, 4.69) is 5.32 Å². The Morgan fingerprint density at radius 3 is 2.23 bits per heavy atom. The number of benzene rings is 2. The number of hydrogen-bond acceptors (Lipinski definition) is 5. The van der Waals surface area contributed by atoms with E-state index in [1.807, 2.05) is 0 Å². The van der Waals surface area contributed by atoms with Crippen LogP contribution in [0.2, 0.25) is 5.02 Å². The molecule has 2 aromatic carbocycles. The number of esters is 1. The molecule has 2 aromatic rings. The minimum atomic E-state index is -1.12. The van der Waals surface area contributed by atoms with Gasteiger partial charge in [0.15, 0.2) is 17.4 Å². The first-order valence-corrected chi connectivity index (χ1v) is 9.72. The molecule has 9 heteroatoms. The van der Waals surface area contributed by atoms with Crippen molar-refractivity contribution in [1.29, 1.82) is 0 Å². The summed E-state index contributed by atoms with van der Waals surface area (Å²) in [6, 6.07) is 6.42. The van der Waals surface area contributed by atoms with Gasteiger partial charge in [-0.2, -0.15) is 0 Å². The molecule has 166 valence electrons. The molecule has 2 rings (SSSR count). The summed E-state index contributed by atoms with van der Waals surface area (Å²) in [6.45, 7) is 6.51. The molecule has 0 fully saturated rings. The van der Waals surface area contributed by atoms with Crippen LogP contribution >= 0.6 is 11.6 Å². The lowest BCUT2D eigenvalue weighted by molar-refractivity contribution is -0.120. The minimum Gasteiger partial charge on any atom is -0.444 e. The van der Waals surface area contributed by atoms with Gasteiger partial charge in [-0.3, -0.25) is 4.79 Å². The standard InChI is InChI=1S/C22H22ClF2NO5/c1-12(26-21(29)31-22(2,3)4)17(27)11-13-7-5-8-14(23)18(13)20(28)30-19-15(24)9-6-10-16(19)25/h5-10,12H,11H2,1-4H3,(H,26,29)/t12-/m0/s1. The molecular formula is C22H22ClF2NO5. The quantitative estimate of drug-likeness (QED) is 0.499. The van der Waals surface area contributed by atoms with Crippen molar-refractivity contribution in [3.8, 4) is 5.75 Å². The zero-order valence-corrected chi connectivity index (χ0v) is 18.2. The maximum Gasteiger partial charge on any atom is 0.408 e. The Morgan fingerprint density at radius 2 is 1.65 bits per heavy atom. The third-order valence-electron chi connectivity index (χ3n) is 4.00. The topological polar surface area (TPSA) is 81.7 Å². The van der Waals surface area contributed by atoms with E-state index in [9.17, 15) is 23.2 Å². The zero-order valence-electron chi connectivity index (χ0n) is 17.4. The normalized spacial score (nSPS) is 12.1. The highest BCUT2D eigenvalue weighted by Gasteiger charge is 2.25. The molecule has 1 N–H and O–H groups in total. The number of hydrogen-bond donors (Lipinski definition) is 1. The average molecular weight is 454 g/mol. The van der Waals surface area contributed by atoms with E-state index in [0.29, 0.717) is 0 Å². The molecule has 0 heterocycles. The number of rotatable bonds is 6. The lowest BCUT2D eigenvalue weighted by Crippen LogP contribution is -2.42. The predicted octanol–water partition coefficient (Wildman–Crippen LogP) is 4.86. The van der Waals surface area contributed by atoms with Crippen LogP contribution in [0.25, 0.3) is 0 Å². The molecule has 0 unspecified atom stereocenters. The Morgan fingerprint density at radius 1 is 1.06 bits per heavy atom. The average Bonchev–Trinajstić information content (AvgIpc) is 2.63. The van der Waals surface area contributed by atoms with E-state index < -0.39 is 46.9 Å². The van der Waals surface area contributed by atoms with Crippen LogP contribution in [0.15, 0.2) is 36.4 Å². The van der Waals surface area contributed by atoms with E-state index in [0.717, 1.165) is 18.2 Å². The SMILES string of the molecule is C[C@H](NC(=O)OC(C)(C)C)C(=O)Cc1cccc(Cl)c1C(=O)Oc1c(F)cccc1F. The van der Waals surface area contributed by atoms with Crippen molar-refractivity contribution in [2.45, 2.75) is 45.8 Å². The van der Waals surface area contributed by atoms with Crippen molar-refractivity contribution in [3.63, 3.8) is 0 Å². The second-order valence-electron chi connectivity index (χ2n) is 7.73. The number of halogens is 3. The molecular weight excluding hydrogens is 432 g/mol. The van der Waals surface area contributed by atoms with Crippen molar-refractivity contribution in [1.82, 2.24) is 5.32 Å². The lowest BCUT2D eigenvalue weighted by atomic mass is 9.99. The van der Waals surface area contributed by atoms with Crippen LogP contribution in [0.5, 0.6) is 5.75 Å². The van der Waals surface area contributed by atoms with E-state index in [-0.39, 0.29) is 22.6 Å². The summed E-state index contributed by atoms with van der Waals surface area (Å²) >= 11 is 6.10. The smallest absolute Gasteiger partial charge is 0.408 e. The van der Waals surface area contributed by atoms with E-state index in [1.165, 1.54) is 25.1 Å². The fourth-order valence-electron chi connectivity index (χ4n) is 2.57. The summed E-state index contributed by atoms with van der Waals surface area (Å²) < 4.78 is 37.6. The number of Topliss-reactive ketones (excluding diaryl/α,β-unsaturated/α-hetero) is 1. The molecule has 0 radical (unpaired) electrons. The molecule has 31 heavy (non-hydrogen) atoms. The van der Waals surface area contributed by atoms with Crippen molar-refractivity contribution in [2.24, 2.45) is 0 Å². The first-order chi connectivity index (χ1) is 14.4. The summed E-state index contributed by atoms with van der Waals surface area (Å²) in [5, 5.41) is 2.36. The van der Waals surface area contributed by atoms with Crippen LogP contribution in [-0.4, -0.2) is 29.5 Å². The van der Waals surface area contributed by atoms with Gasteiger partial charge in [0.25, 0.3) is 0 Å². The Labute approximate surface area is 183 Å². The Kier molecular flexibility index (Phi) is 7.73. The van der Waals surface area contributed by atoms with Crippen LogP contribution in [-0.2, 0) is 16.0 Å². The summed E-state index contributed by atoms with van der Waals surface area (Å²) in [7, 11) is 0. The maximum atomic E-state index is 13.8. The van der Waals surface area contributed by atoms with Crippen LogP contribution < -0.4 is 10.1 Å². The number of alkyl carbamates (subject to hydrolysis) is 1. The summed E-state index contributed by atoms with van der Waals surface area (Å²) in [5.41, 5.74) is -0.764. The van der Waals surface area contributed by atoms with Crippen LogP contribution in [0, 0.1) is 11.6 Å². The number of ether oxygens (including phenoxy) is 2. The molecule has 0 saturated carbocycles. The number of carbonyl (C=O) groups is 3. The second-order valence-corrected chi connectivity index (χ2v) is 8.13. The molecule has 1 atom stereocenters. The van der Waals surface area contributed by atoms with E-state index >= 15 is 0 Å². The van der Waals surface area contributed by atoms with E-state index in [1.54, 1.807) is 20.8 Å². The Hall–Kier alpha value is -3.00. The molecule has 0 aliphatic carbocycles. The fourth-order valence-corrected chi connectivity index (χ4v) is 2.85. The van der Waals surface area contributed by atoms with Gasteiger partial charge in [-0.15, -0.1) is 0 Å². The molecule has 0 spiro atoms. The largest absolute Gasteiger partial charge is 0.444 e. The third-order valence-corrected chi connectivity index (χ3v) is 4.31. The molecule has 0 aliphatic rings. The number of amides is 1. The van der Waals surface area contributed by atoms with Crippen LogP contribution in [0.1, 0.15) is 43.6 Å². The third kappa shape index (κ3) is 6.75. The second kappa shape index (κ2) is 9.87. The Bertz CT molecular complexity index is 984. The molecule has 0 aromatic heterocycles. The van der Waals surface area contributed by atoms with Crippen molar-refractivity contribution in [2.75, 3.05) is 0 Å². The van der Waals surface area contributed by atoms with E-state index in [4.69, 9.17) is 21.1 Å². The highest BCUT2D eigenvalue weighted by atomic mass is 35.5. The van der Waals surface area contributed by atoms with Gasteiger partial charge in [0, 0.05) is 6.42 Å². The summed E-state index contributed by atoms with van der Waals surface area (Å²) in [6.07, 6.45) is -1.06. The molecule has 0 saturated heterocycles. The summed E-state index contributed by atoms with van der Waals surface area (Å²) in [4.78, 5) is 37.1. The van der Waals surface area contributed by atoms with Crippen molar-refractivity contribution < 1.29 is 32.6 Å². The van der Waals surface area contributed by atoms with Gasteiger partial charge < -0.3 is 14.8 Å². The number of nitrogens with one attached hydrogen (secondary N) is 1. The molecule has 0 bridgehead atoms. The van der Waals surface area contributed by atoms with Gasteiger partial charge in [0.05, 0.1) is 16.6 Å². The van der Waals surface area contributed by atoms with Gasteiger partial charge in [-0.05, 0) is 51.5 Å². The summed E-state index contributed by atoms with van der Waals surface area (Å²) in [5.74, 6) is -4.56. The van der Waals surface area contributed by atoms with Gasteiger partial charge in [0.1, 0.15) is 5.60 Å². The molecule has 6 nitrogen and oxygen atoms in total. The highest BCUT2D eigenvalue weighted by molar-refractivity contribution is 6.33. The monoisotopic (exact) mass is 453 g/mol. The molecule has 0 aliphatic heterocycles. The Balaban J connectivity index is 2.20. The predicted molar refractivity (Wildman–Crippen MR) is 110 cm³/mol. The van der Waals surface area contributed by atoms with Gasteiger partial charge >= 0.3 is 12.1 Å². The van der Waals surface area contributed by atoms with Crippen molar-refractivity contribution in [3.05, 3.63) is 64.2 Å². The van der Waals surface area contributed by atoms with Gasteiger partial charge in [-0.1, -0.05) is 29.8 Å². The van der Waals surface area contributed by atoms with Crippen LogP contribution in [0.3, 0.4) is 0 Å². The van der Waals surface area contributed by atoms with Gasteiger partial charge in [-0.25, -0.2) is 18.4 Å². The molecule has 1 amide bonds. The first kappa shape index (κ1) is 24.3. The lowest BCUT2D eigenvalue weighted by Gasteiger charge is -2.21.